The van der Waals surface area contributed by atoms with E-state index in [0.29, 0.717) is 19.4 Å². The van der Waals surface area contributed by atoms with E-state index in [0.717, 1.165) is 0 Å². The fourth-order valence-electron chi connectivity index (χ4n) is 1.90. The zero-order valence-corrected chi connectivity index (χ0v) is 10.5. The third-order valence-electron chi connectivity index (χ3n) is 3.60. The fraction of sp³-hybridized carbons (Fsp3) is 0.833. The Morgan fingerprint density at radius 1 is 1.38 bits per heavy atom. The summed E-state index contributed by atoms with van der Waals surface area (Å²) in [4.78, 5) is 25.2. The number of rotatable bonds is 4. The summed E-state index contributed by atoms with van der Waals surface area (Å²) in [6, 6.07) is 0. The van der Waals surface area contributed by atoms with Gasteiger partial charge in [-0.25, -0.2) is 0 Å². The Balaban J connectivity index is 2.75. The molecule has 0 aromatic heterocycles. The molecule has 0 aliphatic carbocycles. The van der Waals surface area contributed by atoms with Gasteiger partial charge in [0.1, 0.15) is 0 Å². The van der Waals surface area contributed by atoms with E-state index in [-0.39, 0.29) is 17.7 Å². The predicted molar refractivity (Wildman–Crippen MR) is 60.6 cm³/mol. The highest BCUT2D eigenvalue weighted by Crippen LogP contribution is 2.39. The smallest absolute Gasteiger partial charge is 0.235 e. The van der Waals surface area contributed by atoms with Crippen molar-refractivity contribution in [2.45, 2.75) is 46.6 Å². The Hall–Kier alpha value is -0.900. The van der Waals surface area contributed by atoms with Gasteiger partial charge in [-0.2, -0.15) is 0 Å². The van der Waals surface area contributed by atoms with Crippen molar-refractivity contribution in [3.05, 3.63) is 0 Å². The van der Waals surface area contributed by atoms with E-state index in [2.05, 4.69) is 0 Å². The second-order valence-electron chi connectivity index (χ2n) is 5.24. The van der Waals surface area contributed by atoms with Gasteiger partial charge in [0.05, 0.1) is 11.5 Å². The Labute approximate surface area is 96.6 Å². The molecule has 92 valence electrons. The molecule has 4 nitrogen and oxygen atoms in total. The summed E-state index contributed by atoms with van der Waals surface area (Å²) < 4.78 is 0. The molecule has 0 aromatic rings. The first-order chi connectivity index (χ1) is 7.29. The molecule has 0 bridgehead atoms. The summed E-state index contributed by atoms with van der Waals surface area (Å²) in [5, 5.41) is 9.18. The van der Waals surface area contributed by atoms with Gasteiger partial charge in [-0.1, -0.05) is 13.8 Å². The lowest BCUT2D eigenvalue weighted by atomic mass is 9.78. The topological polar surface area (TPSA) is 57.6 Å². The molecule has 16 heavy (non-hydrogen) atoms. The van der Waals surface area contributed by atoms with Crippen molar-refractivity contribution in [2.75, 3.05) is 6.54 Å². The average molecular weight is 227 g/mol. The van der Waals surface area contributed by atoms with E-state index >= 15 is 0 Å². The second-order valence-corrected chi connectivity index (χ2v) is 5.24. The minimum atomic E-state index is -0.560. The third-order valence-corrected chi connectivity index (χ3v) is 3.60. The quantitative estimate of drug-likeness (QED) is 0.734. The van der Waals surface area contributed by atoms with E-state index in [9.17, 15) is 14.7 Å². The van der Waals surface area contributed by atoms with Gasteiger partial charge >= 0.3 is 0 Å². The molecule has 0 radical (unpaired) electrons. The molecule has 4 heteroatoms. The van der Waals surface area contributed by atoms with Gasteiger partial charge in [0, 0.05) is 13.0 Å². The van der Waals surface area contributed by atoms with Gasteiger partial charge in [-0.15, -0.1) is 0 Å². The van der Waals surface area contributed by atoms with Gasteiger partial charge in [-0.3, -0.25) is 14.5 Å². The Bertz CT molecular complexity index is 299. The van der Waals surface area contributed by atoms with Crippen LogP contribution >= 0.6 is 0 Å². The molecule has 1 rings (SSSR count). The van der Waals surface area contributed by atoms with Gasteiger partial charge in [-0.05, 0) is 26.2 Å². The number of amides is 2. The van der Waals surface area contributed by atoms with Crippen molar-refractivity contribution in [3.63, 3.8) is 0 Å². The number of nitrogens with zero attached hydrogens (tertiary/aromatic N) is 1. The molecule has 1 saturated heterocycles. The summed E-state index contributed by atoms with van der Waals surface area (Å²) in [5.41, 5.74) is -0.560. The first kappa shape index (κ1) is 13.2. The highest BCUT2D eigenvalue weighted by molar-refractivity contribution is 6.05. The Kier molecular flexibility index (Phi) is 3.73. The zero-order valence-electron chi connectivity index (χ0n) is 10.5. The third kappa shape index (κ3) is 2.26. The molecule has 1 heterocycles. The summed E-state index contributed by atoms with van der Waals surface area (Å²) >= 11 is 0. The molecule has 1 fully saturated rings. The normalized spacial score (nSPS) is 28.0. The molecular formula is C12H21NO3. The standard InChI is InChI=1S/C12H21NO3/c1-8(2)12(4)7-10(15)13(11(12)16)6-5-9(3)14/h8-9,14H,5-7H2,1-4H3. The highest BCUT2D eigenvalue weighted by Gasteiger charge is 2.49. The molecule has 2 amide bonds. The highest BCUT2D eigenvalue weighted by atomic mass is 16.3. The van der Waals surface area contributed by atoms with Crippen LogP contribution in [0.1, 0.15) is 40.5 Å². The number of aliphatic hydroxyl groups is 1. The van der Waals surface area contributed by atoms with E-state index < -0.39 is 11.5 Å². The maximum Gasteiger partial charge on any atom is 0.235 e. The van der Waals surface area contributed by atoms with Crippen LogP contribution in [0.5, 0.6) is 0 Å². The number of hydrogen-bond acceptors (Lipinski definition) is 3. The summed E-state index contributed by atoms with van der Waals surface area (Å²) in [6.07, 6.45) is 0.265. The minimum Gasteiger partial charge on any atom is -0.393 e. The fourth-order valence-corrected chi connectivity index (χ4v) is 1.90. The van der Waals surface area contributed by atoms with Gasteiger partial charge in [0.25, 0.3) is 0 Å². The lowest BCUT2D eigenvalue weighted by Crippen LogP contribution is -2.38. The molecule has 1 aliphatic rings. The minimum absolute atomic E-state index is 0.0897. The molecule has 2 atom stereocenters. The molecule has 1 aliphatic heterocycles. The molecule has 2 unspecified atom stereocenters. The van der Waals surface area contributed by atoms with Crippen molar-refractivity contribution in [2.24, 2.45) is 11.3 Å². The molecular weight excluding hydrogens is 206 g/mol. The van der Waals surface area contributed by atoms with Gasteiger partial charge in [0.2, 0.25) is 11.8 Å². The van der Waals surface area contributed by atoms with Gasteiger partial charge in [0.15, 0.2) is 0 Å². The van der Waals surface area contributed by atoms with Crippen LogP contribution in [0.4, 0.5) is 0 Å². The van der Waals surface area contributed by atoms with Crippen molar-refractivity contribution in [3.8, 4) is 0 Å². The van der Waals surface area contributed by atoms with Crippen LogP contribution in [0.3, 0.4) is 0 Å². The van der Waals surface area contributed by atoms with Crippen LogP contribution in [0, 0.1) is 11.3 Å². The Morgan fingerprint density at radius 2 is 1.94 bits per heavy atom. The first-order valence-corrected chi connectivity index (χ1v) is 5.82. The van der Waals surface area contributed by atoms with E-state index in [4.69, 9.17) is 0 Å². The number of hydrogen-bond donors (Lipinski definition) is 1. The lowest BCUT2D eigenvalue weighted by molar-refractivity contribution is -0.142. The SMILES string of the molecule is CC(O)CCN1C(=O)CC(C)(C(C)C)C1=O. The second kappa shape index (κ2) is 4.53. The predicted octanol–water partition coefficient (Wildman–Crippen LogP) is 1.18. The van der Waals surface area contributed by atoms with E-state index in [1.807, 2.05) is 20.8 Å². The lowest BCUT2D eigenvalue weighted by Gasteiger charge is -2.26. The van der Waals surface area contributed by atoms with Crippen LogP contribution < -0.4 is 0 Å². The molecule has 1 N–H and O–H groups in total. The number of carbonyl (C=O) groups is 2. The number of carbonyl (C=O) groups excluding carboxylic acids is 2. The average Bonchev–Trinajstić information content (AvgIpc) is 2.37. The van der Waals surface area contributed by atoms with E-state index in [1.54, 1.807) is 6.92 Å². The van der Waals surface area contributed by atoms with Crippen LogP contribution in [0.15, 0.2) is 0 Å². The van der Waals surface area contributed by atoms with Crippen molar-refractivity contribution in [1.29, 1.82) is 0 Å². The molecule has 0 aromatic carbocycles. The first-order valence-electron chi connectivity index (χ1n) is 5.82. The summed E-state index contributed by atoms with van der Waals surface area (Å²) in [5.74, 6) is -0.0458. The Morgan fingerprint density at radius 3 is 2.31 bits per heavy atom. The van der Waals surface area contributed by atoms with Crippen LogP contribution in [-0.4, -0.2) is 34.5 Å². The van der Waals surface area contributed by atoms with Crippen LogP contribution in [0.25, 0.3) is 0 Å². The van der Waals surface area contributed by atoms with Crippen LogP contribution in [-0.2, 0) is 9.59 Å². The maximum atomic E-state index is 12.1. The monoisotopic (exact) mass is 227 g/mol. The number of aliphatic hydroxyl groups excluding tert-OH is 1. The van der Waals surface area contributed by atoms with E-state index in [1.165, 1.54) is 4.90 Å². The molecule has 0 spiro atoms. The summed E-state index contributed by atoms with van der Waals surface area (Å²) in [7, 11) is 0. The maximum absolute atomic E-state index is 12.1. The largest absolute Gasteiger partial charge is 0.393 e. The zero-order chi connectivity index (χ0) is 12.5. The van der Waals surface area contributed by atoms with Crippen molar-refractivity contribution in [1.82, 2.24) is 4.90 Å². The molecule has 0 saturated carbocycles. The number of likely N-dealkylation sites (tertiary alicyclic amines) is 1. The summed E-state index contributed by atoms with van der Waals surface area (Å²) in [6.45, 7) is 7.76. The van der Waals surface area contributed by atoms with Crippen molar-refractivity contribution < 1.29 is 14.7 Å². The number of imide groups is 1. The van der Waals surface area contributed by atoms with Gasteiger partial charge < -0.3 is 5.11 Å². The van der Waals surface area contributed by atoms with Crippen LogP contribution in [0.2, 0.25) is 0 Å². The van der Waals surface area contributed by atoms with Crippen molar-refractivity contribution >= 4 is 11.8 Å².